The summed E-state index contributed by atoms with van der Waals surface area (Å²) >= 11 is 0. The van der Waals surface area contributed by atoms with Crippen LogP contribution in [0.5, 0.6) is 5.75 Å². The lowest BCUT2D eigenvalue weighted by molar-refractivity contribution is -0.120. The molecule has 25 heavy (non-hydrogen) atoms. The molecule has 0 aromatic heterocycles. The molecule has 5 nitrogen and oxygen atoms in total. The fourth-order valence-electron chi connectivity index (χ4n) is 2.62. The van der Waals surface area contributed by atoms with E-state index in [-0.39, 0.29) is 12.3 Å². The fourth-order valence-corrected chi connectivity index (χ4v) is 2.62. The summed E-state index contributed by atoms with van der Waals surface area (Å²) in [7, 11) is 1.16. The minimum absolute atomic E-state index is 0.0157. The Balaban J connectivity index is 2.19. The van der Waals surface area contributed by atoms with Crippen LogP contribution >= 0.6 is 0 Å². The standard InChI is InChI=1S/C19H30BNO4/c1-13(2)12-21-17(22)11-14-10-15(8-9-16(14)23-7)20-24-18(3,4)19(5,6)25-20/h8-10,13H,11-12H2,1-7H3,(H,21,22). The number of hydrogen-bond acceptors (Lipinski definition) is 4. The van der Waals surface area contributed by atoms with Gasteiger partial charge in [-0.25, -0.2) is 0 Å². The van der Waals surface area contributed by atoms with Crippen LogP contribution in [0.2, 0.25) is 0 Å². The van der Waals surface area contributed by atoms with Crippen molar-refractivity contribution in [3.63, 3.8) is 0 Å². The average Bonchev–Trinajstić information content (AvgIpc) is 2.73. The topological polar surface area (TPSA) is 56.8 Å². The van der Waals surface area contributed by atoms with Crippen molar-refractivity contribution in [2.24, 2.45) is 5.92 Å². The van der Waals surface area contributed by atoms with E-state index in [4.69, 9.17) is 14.0 Å². The van der Waals surface area contributed by atoms with E-state index in [1.165, 1.54) is 0 Å². The second-order valence-corrected chi connectivity index (χ2v) is 8.03. The molecule has 0 spiro atoms. The van der Waals surface area contributed by atoms with E-state index < -0.39 is 18.3 Å². The summed E-state index contributed by atoms with van der Waals surface area (Å²) in [5.74, 6) is 1.10. The molecule has 1 N–H and O–H groups in total. The number of rotatable bonds is 6. The van der Waals surface area contributed by atoms with Crippen LogP contribution in [0.4, 0.5) is 0 Å². The summed E-state index contributed by atoms with van der Waals surface area (Å²) in [5.41, 5.74) is 0.931. The maximum atomic E-state index is 12.2. The Hall–Kier alpha value is -1.53. The molecule has 0 bridgehead atoms. The van der Waals surface area contributed by atoms with Crippen molar-refractivity contribution in [3.05, 3.63) is 23.8 Å². The van der Waals surface area contributed by atoms with Crippen molar-refractivity contribution in [1.82, 2.24) is 5.32 Å². The van der Waals surface area contributed by atoms with Gasteiger partial charge in [0.2, 0.25) is 5.91 Å². The van der Waals surface area contributed by atoms with Crippen LogP contribution in [0, 0.1) is 5.92 Å². The third kappa shape index (κ3) is 4.56. The minimum atomic E-state index is -0.451. The highest BCUT2D eigenvalue weighted by atomic mass is 16.7. The molecular formula is C19H30BNO4. The molecule has 0 unspecified atom stereocenters. The molecule has 0 aliphatic carbocycles. The van der Waals surface area contributed by atoms with Crippen LogP contribution in [0.1, 0.15) is 47.1 Å². The van der Waals surface area contributed by atoms with Crippen molar-refractivity contribution >= 4 is 18.5 Å². The van der Waals surface area contributed by atoms with Crippen molar-refractivity contribution in [2.45, 2.75) is 59.2 Å². The quantitative estimate of drug-likeness (QED) is 0.803. The zero-order valence-corrected chi connectivity index (χ0v) is 16.4. The van der Waals surface area contributed by atoms with Crippen LogP contribution in [0.15, 0.2) is 18.2 Å². The van der Waals surface area contributed by atoms with Gasteiger partial charge in [-0.2, -0.15) is 0 Å². The first kappa shape index (κ1) is 19.8. The van der Waals surface area contributed by atoms with E-state index in [1.54, 1.807) is 7.11 Å². The molecule has 1 amide bonds. The highest BCUT2D eigenvalue weighted by Gasteiger charge is 2.51. The molecule has 0 radical (unpaired) electrons. The number of hydrogen-bond donors (Lipinski definition) is 1. The third-order valence-electron chi connectivity index (χ3n) is 4.89. The monoisotopic (exact) mass is 347 g/mol. The van der Waals surface area contributed by atoms with E-state index in [9.17, 15) is 4.79 Å². The van der Waals surface area contributed by atoms with E-state index in [0.29, 0.717) is 18.2 Å². The lowest BCUT2D eigenvalue weighted by Gasteiger charge is -2.32. The first-order valence-corrected chi connectivity index (χ1v) is 8.85. The molecule has 6 heteroatoms. The Morgan fingerprint density at radius 1 is 1.20 bits per heavy atom. The lowest BCUT2D eigenvalue weighted by Crippen LogP contribution is -2.41. The van der Waals surface area contributed by atoms with Gasteiger partial charge in [0.15, 0.2) is 0 Å². The van der Waals surface area contributed by atoms with Gasteiger partial charge in [0.25, 0.3) is 0 Å². The van der Waals surface area contributed by atoms with Crippen LogP contribution < -0.4 is 15.5 Å². The molecule has 1 aromatic carbocycles. The maximum Gasteiger partial charge on any atom is 0.494 e. The van der Waals surface area contributed by atoms with Crippen molar-refractivity contribution in [1.29, 1.82) is 0 Å². The van der Waals surface area contributed by atoms with Crippen LogP contribution in [-0.4, -0.2) is 37.9 Å². The number of ether oxygens (including phenoxy) is 1. The Morgan fingerprint density at radius 3 is 2.32 bits per heavy atom. The molecular weight excluding hydrogens is 317 g/mol. The molecule has 2 rings (SSSR count). The normalized spacial score (nSPS) is 18.5. The average molecular weight is 347 g/mol. The van der Waals surface area contributed by atoms with Gasteiger partial charge < -0.3 is 19.4 Å². The van der Waals surface area contributed by atoms with Crippen molar-refractivity contribution < 1.29 is 18.8 Å². The third-order valence-corrected chi connectivity index (χ3v) is 4.89. The van der Waals surface area contributed by atoms with Crippen LogP contribution in [0.3, 0.4) is 0 Å². The molecule has 1 heterocycles. The highest BCUT2D eigenvalue weighted by Crippen LogP contribution is 2.36. The first-order chi connectivity index (χ1) is 11.6. The number of nitrogens with one attached hydrogen (secondary N) is 1. The number of benzene rings is 1. The summed E-state index contributed by atoms with van der Waals surface area (Å²) < 4.78 is 17.6. The Morgan fingerprint density at radius 2 is 1.80 bits per heavy atom. The van der Waals surface area contributed by atoms with Gasteiger partial charge >= 0.3 is 7.12 Å². The molecule has 1 aromatic rings. The molecule has 1 saturated heterocycles. The molecule has 1 fully saturated rings. The van der Waals surface area contributed by atoms with E-state index >= 15 is 0 Å². The van der Waals surface area contributed by atoms with Gasteiger partial charge in [0, 0.05) is 12.1 Å². The number of carbonyl (C=O) groups excluding carboxylic acids is 1. The zero-order valence-electron chi connectivity index (χ0n) is 16.4. The minimum Gasteiger partial charge on any atom is -0.496 e. The molecule has 1 aliphatic rings. The summed E-state index contributed by atoms with van der Waals surface area (Å²) in [5, 5.41) is 2.94. The summed E-state index contributed by atoms with van der Waals surface area (Å²) in [4.78, 5) is 12.2. The summed E-state index contributed by atoms with van der Waals surface area (Å²) in [6.45, 7) is 12.9. The van der Waals surface area contributed by atoms with Gasteiger partial charge in [-0.05, 0) is 45.1 Å². The summed E-state index contributed by atoms with van der Waals surface area (Å²) in [6, 6.07) is 5.73. The van der Waals surface area contributed by atoms with E-state index in [1.807, 2.05) is 45.9 Å². The van der Waals surface area contributed by atoms with E-state index in [0.717, 1.165) is 11.0 Å². The SMILES string of the molecule is COc1ccc(B2OC(C)(C)C(C)(C)O2)cc1CC(=O)NCC(C)C. The lowest BCUT2D eigenvalue weighted by atomic mass is 9.78. The van der Waals surface area contributed by atoms with Gasteiger partial charge in [-0.1, -0.05) is 26.0 Å². The largest absolute Gasteiger partial charge is 0.496 e. The van der Waals surface area contributed by atoms with Crippen molar-refractivity contribution in [3.8, 4) is 5.75 Å². The second-order valence-electron chi connectivity index (χ2n) is 8.03. The van der Waals surface area contributed by atoms with Crippen LogP contribution in [-0.2, 0) is 20.5 Å². The van der Waals surface area contributed by atoms with Crippen LogP contribution in [0.25, 0.3) is 0 Å². The first-order valence-electron chi connectivity index (χ1n) is 8.85. The van der Waals surface area contributed by atoms with Gasteiger partial charge in [-0.3, -0.25) is 4.79 Å². The Bertz CT molecular complexity index is 612. The maximum absolute atomic E-state index is 12.2. The predicted octanol–water partition coefficient (Wildman–Crippen LogP) is 2.31. The number of methoxy groups -OCH3 is 1. The van der Waals surface area contributed by atoms with Crippen molar-refractivity contribution in [2.75, 3.05) is 13.7 Å². The Kier molecular flexibility index (Phi) is 5.84. The second kappa shape index (κ2) is 7.38. The number of carbonyl (C=O) groups is 1. The molecule has 1 aliphatic heterocycles. The van der Waals surface area contributed by atoms with Gasteiger partial charge in [0.1, 0.15) is 5.75 Å². The van der Waals surface area contributed by atoms with Gasteiger partial charge in [-0.15, -0.1) is 0 Å². The molecule has 0 saturated carbocycles. The predicted molar refractivity (Wildman–Crippen MR) is 100 cm³/mol. The highest BCUT2D eigenvalue weighted by molar-refractivity contribution is 6.62. The smallest absolute Gasteiger partial charge is 0.494 e. The zero-order chi connectivity index (χ0) is 18.8. The fraction of sp³-hybridized carbons (Fsp3) is 0.632. The molecule has 0 atom stereocenters. The number of amides is 1. The van der Waals surface area contributed by atoms with E-state index in [2.05, 4.69) is 19.2 Å². The summed E-state index contributed by atoms with van der Waals surface area (Å²) in [6.07, 6.45) is 0.267. The Labute approximate surface area is 151 Å². The van der Waals surface area contributed by atoms with Gasteiger partial charge in [0.05, 0.1) is 24.7 Å². The molecule has 138 valence electrons.